The lowest BCUT2D eigenvalue weighted by Crippen LogP contribution is -2.13. The third-order valence-electron chi connectivity index (χ3n) is 3.47. The highest BCUT2D eigenvalue weighted by Gasteiger charge is 2.14. The number of rotatable bonds is 6. The van der Waals surface area contributed by atoms with Crippen molar-refractivity contribution in [1.82, 2.24) is 0 Å². The average Bonchev–Trinajstić information content (AvgIpc) is 3.16. The van der Waals surface area contributed by atoms with Crippen molar-refractivity contribution in [2.45, 2.75) is 4.90 Å². The number of halogens is 1. The van der Waals surface area contributed by atoms with Crippen LogP contribution in [0.15, 0.2) is 77.0 Å². The van der Waals surface area contributed by atoms with Crippen LogP contribution >= 0.6 is 22.9 Å². The van der Waals surface area contributed by atoms with Gasteiger partial charge in [0.15, 0.2) is 0 Å². The molecule has 1 amide bonds. The number of sulfonamides is 1. The molecule has 2 N–H and O–H groups in total. The third kappa shape index (κ3) is 5.43. The van der Waals surface area contributed by atoms with Crippen molar-refractivity contribution in [3.8, 4) is 0 Å². The molecule has 27 heavy (non-hydrogen) atoms. The van der Waals surface area contributed by atoms with E-state index in [4.69, 9.17) is 11.6 Å². The Morgan fingerprint density at radius 1 is 0.963 bits per heavy atom. The van der Waals surface area contributed by atoms with E-state index < -0.39 is 10.0 Å². The van der Waals surface area contributed by atoms with Gasteiger partial charge in [-0.1, -0.05) is 17.7 Å². The lowest BCUT2D eigenvalue weighted by atomic mass is 10.3. The smallest absolute Gasteiger partial charge is 0.261 e. The molecule has 0 saturated carbocycles. The first-order valence-corrected chi connectivity index (χ1v) is 10.6. The maximum absolute atomic E-state index is 12.4. The van der Waals surface area contributed by atoms with Crippen molar-refractivity contribution in [2.75, 3.05) is 10.0 Å². The molecule has 1 heterocycles. The van der Waals surface area contributed by atoms with Gasteiger partial charge in [0.05, 0.1) is 4.90 Å². The van der Waals surface area contributed by atoms with Gasteiger partial charge in [0, 0.05) is 27.4 Å². The summed E-state index contributed by atoms with van der Waals surface area (Å²) in [6, 6.07) is 16.1. The van der Waals surface area contributed by atoms with Crippen molar-refractivity contribution in [2.24, 2.45) is 0 Å². The van der Waals surface area contributed by atoms with Crippen LogP contribution in [0.2, 0.25) is 5.02 Å². The molecule has 0 unspecified atom stereocenters. The molecule has 3 aromatic rings. The van der Waals surface area contributed by atoms with Crippen LogP contribution in [-0.2, 0) is 14.8 Å². The van der Waals surface area contributed by atoms with Gasteiger partial charge in [-0.05, 0) is 66.1 Å². The fourth-order valence-electron chi connectivity index (χ4n) is 2.18. The monoisotopic (exact) mass is 418 g/mol. The van der Waals surface area contributed by atoms with Crippen LogP contribution in [0, 0.1) is 0 Å². The zero-order chi connectivity index (χ0) is 19.3. The second-order valence-electron chi connectivity index (χ2n) is 5.47. The van der Waals surface area contributed by atoms with Crippen molar-refractivity contribution < 1.29 is 13.2 Å². The quantitative estimate of drug-likeness (QED) is 0.561. The van der Waals surface area contributed by atoms with E-state index in [1.807, 2.05) is 17.5 Å². The summed E-state index contributed by atoms with van der Waals surface area (Å²) in [5.74, 6) is -0.293. The van der Waals surface area contributed by atoms with E-state index >= 15 is 0 Å². The summed E-state index contributed by atoms with van der Waals surface area (Å²) in [7, 11) is -3.73. The van der Waals surface area contributed by atoms with Crippen LogP contribution in [0.5, 0.6) is 0 Å². The molecular weight excluding hydrogens is 404 g/mol. The molecule has 0 spiro atoms. The van der Waals surface area contributed by atoms with Crippen LogP contribution in [0.3, 0.4) is 0 Å². The Balaban J connectivity index is 1.65. The highest BCUT2D eigenvalue weighted by molar-refractivity contribution is 7.92. The summed E-state index contributed by atoms with van der Waals surface area (Å²) >= 11 is 7.32. The summed E-state index contributed by atoms with van der Waals surface area (Å²) in [6.45, 7) is 0. The van der Waals surface area contributed by atoms with Crippen molar-refractivity contribution in [1.29, 1.82) is 0 Å². The molecule has 0 atom stereocenters. The van der Waals surface area contributed by atoms with E-state index in [2.05, 4.69) is 10.0 Å². The van der Waals surface area contributed by atoms with Gasteiger partial charge in [0.1, 0.15) is 0 Å². The Hall–Kier alpha value is -2.61. The number of benzene rings is 2. The number of thiophene rings is 1. The molecule has 0 radical (unpaired) electrons. The lowest BCUT2D eigenvalue weighted by molar-refractivity contribution is -0.111. The molecule has 2 aromatic carbocycles. The van der Waals surface area contributed by atoms with Crippen LogP contribution in [0.4, 0.5) is 11.4 Å². The van der Waals surface area contributed by atoms with E-state index in [1.54, 1.807) is 30.3 Å². The number of carbonyl (C=O) groups excluding carboxylic acids is 1. The van der Waals surface area contributed by atoms with E-state index in [0.717, 1.165) is 4.88 Å². The zero-order valence-electron chi connectivity index (χ0n) is 13.9. The molecular formula is C19H15ClN2O3S2. The predicted octanol–water partition coefficient (Wildman–Crippen LogP) is 4.85. The van der Waals surface area contributed by atoms with Crippen LogP contribution in [0.25, 0.3) is 6.08 Å². The van der Waals surface area contributed by atoms with Crippen molar-refractivity contribution >= 4 is 56.3 Å². The standard InChI is InChI=1S/C19H15ClN2O3S2/c20-14-3-5-16(6-4-14)22-27(24,25)18-10-7-15(8-11-18)21-19(23)12-9-17-2-1-13-26-17/h1-13,22H,(H,21,23). The highest BCUT2D eigenvalue weighted by Crippen LogP contribution is 2.20. The second kappa shape index (κ2) is 8.39. The maximum atomic E-state index is 12.4. The van der Waals surface area contributed by atoms with Gasteiger partial charge in [-0.3, -0.25) is 9.52 Å². The van der Waals surface area contributed by atoms with Gasteiger partial charge < -0.3 is 5.32 Å². The molecule has 0 fully saturated rings. The third-order valence-corrected chi connectivity index (χ3v) is 5.96. The Morgan fingerprint density at radius 2 is 1.63 bits per heavy atom. The fraction of sp³-hybridized carbons (Fsp3) is 0. The van der Waals surface area contributed by atoms with Gasteiger partial charge in [-0.15, -0.1) is 11.3 Å². The number of nitrogens with one attached hydrogen (secondary N) is 2. The number of amides is 1. The number of anilines is 2. The van der Waals surface area contributed by atoms with E-state index in [1.165, 1.54) is 41.7 Å². The first-order chi connectivity index (χ1) is 12.9. The Bertz CT molecular complexity index is 1040. The molecule has 0 aliphatic heterocycles. The minimum Gasteiger partial charge on any atom is -0.323 e. The van der Waals surface area contributed by atoms with Crippen molar-refractivity contribution in [3.63, 3.8) is 0 Å². The molecule has 138 valence electrons. The molecule has 1 aromatic heterocycles. The first kappa shape index (κ1) is 19.2. The molecule has 5 nitrogen and oxygen atoms in total. The normalized spacial score (nSPS) is 11.4. The van der Waals surface area contributed by atoms with Crippen LogP contribution < -0.4 is 10.0 Å². The van der Waals surface area contributed by atoms with Gasteiger partial charge in [0.25, 0.3) is 10.0 Å². The lowest BCUT2D eigenvalue weighted by Gasteiger charge is -2.09. The first-order valence-electron chi connectivity index (χ1n) is 7.83. The molecule has 0 bridgehead atoms. The Kier molecular flexibility index (Phi) is 5.95. The maximum Gasteiger partial charge on any atom is 0.261 e. The second-order valence-corrected chi connectivity index (χ2v) is 8.57. The number of carbonyl (C=O) groups is 1. The predicted molar refractivity (Wildman–Crippen MR) is 111 cm³/mol. The summed E-state index contributed by atoms with van der Waals surface area (Å²) in [5, 5.41) is 5.13. The van der Waals surface area contributed by atoms with Crippen LogP contribution in [-0.4, -0.2) is 14.3 Å². The topological polar surface area (TPSA) is 75.3 Å². The largest absolute Gasteiger partial charge is 0.323 e. The molecule has 8 heteroatoms. The summed E-state index contributed by atoms with van der Waals surface area (Å²) in [5.41, 5.74) is 0.914. The van der Waals surface area contributed by atoms with Crippen LogP contribution in [0.1, 0.15) is 4.88 Å². The SMILES string of the molecule is O=C(C=Cc1cccs1)Nc1ccc(S(=O)(=O)Nc2ccc(Cl)cc2)cc1. The van der Waals surface area contributed by atoms with Gasteiger partial charge in [-0.2, -0.15) is 0 Å². The van der Waals surface area contributed by atoms with Gasteiger partial charge in [-0.25, -0.2) is 8.42 Å². The summed E-state index contributed by atoms with van der Waals surface area (Å²) in [6.07, 6.45) is 3.15. The molecule has 0 aliphatic carbocycles. The zero-order valence-corrected chi connectivity index (χ0v) is 16.3. The number of hydrogen-bond donors (Lipinski definition) is 2. The van der Waals surface area contributed by atoms with Crippen molar-refractivity contribution in [3.05, 3.63) is 82.0 Å². The van der Waals surface area contributed by atoms with E-state index in [0.29, 0.717) is 16.4 Å². The Morgan fingerprint density at radius 3 is 2.26 bits per heavy atom. The molecule has 0 aliphatic rings. The van der Waals surface area contributed by atoms with E-state index in [9.17, 15) is 13.2 Å². The average molecular weight is 419 g/mol. The molecule has 0 saturated heterocycles. The highest BCUT2D eigenvalue weighted by atomic mass is 35.5. The van der Waals surface area contributed by atoms with Gasteiger partial charge >= 0.3 is 0 Å². The Labute approximate surface area is 166 Å². The summed E-state index contributed by atoms with van der Waals surface area (Å²) in [4.78, 5) is 13.0. The van der Waals surface area contributed by atoms with E-state index in [-0.39, 0.29) is 10.8 Å². The number of hydrogen-bond acceptors (Lipinski definition) is 4. The minimum atomic E-state index is -3.73. The minimum absolute atomic E-state index is 0.0876. The van der Waals surface area contributed by atoms with Gasteiger partial charge in [0.2, 0.25) is 5.91 Å². The fourth-order valence-corrected chi connectivity index (χ4v) is 3.98. The molecule has 3 rings (SSSR count). The summed E-state index contributed by atoms with van der Waals surface area (Å²) < 4.78 is 27.3.